The van der Waals surface area contributed by atoms with Gasteiger partial charge in [0.2, 0.25) is 0 Å². The highest BCUT2D eigenvalue weighted by Gasteiger charge is 2.19. The molecule has 0 atom stereocenters. The molecule has 0 amide bonds. The Bertz CT molecular complexity index is 600. The molecule has 0 fully saturated rings. The molecular weight excluding hydrogens is 226 g/mol. The molecule has 0 aliphatic heterocycles. The van der Waals surface area contributed by atoms with Gasteiger partial charge in [-0.1, -0.05) is 6.07 Å². The van der Waals surface area contributed by atoms with Crippen molar-refractivity contribution in [1.82, 2.24) is 10.2 Å². The third-order valence-electron chi connectivity index (χ3n) is 3.42. The van der Waals surface area contributed by atoms with Gasteiger partial charge in [0.05, 0.1) is 18.5 Å². The Balaban J connectivity index is 2.78. The van der Waals surface area contributed by atoms with Crippen LogP contribution in [0.2, 0.25) is 0 Å². The quantitative estimate of drug-likeness (QED) is 0.855. The number of nitrogens with one attached hydrogen (secondary N) is 1. The second kappa shape index (κ2) is 4.37. The first-order valence-corrected chi connectivity index (χ1v) is 5.93. The van der Waals surface area contributed by atoms with Crippen LogP contribution in [0.1, 0.15) is 22.4 Å². The number of benzene rings is 1. The molecule has 0 aliphatic carbocycles. The Labute approximate surface area is 107 Å². The summed E-state index contributed by atoms with van der Waals surface area (Å²) in [6.07, 6.45) is 0. The zero-order valence-corrected chi connectivity index (χ0v) is 11.5. The topological polar surface area (TPSA) is 63.9 Å². The third-order valence-corrected chi connectivity index (χ3v) is 3.42. The summed E-state index contributed by atoms with van der Waals surface area (Å²) in [5, 5.41) is 7.21. The molecule has 0 unspecified atom stereocenters. The summed E-state index contributed by atoms with van der Waals surface area (Å²) in [5.74, 6) is 0.852. The minimum absolute atomic E-state index is 0.680. The maximum absolute atomic E-state index is 6.07. The summed E-state index contributed by atoms with van der Waals surface area (Å²) in [6, 6.07) is 2.14. The Morgan fingerprint density at radius 3 is 2.33 bits per heavy atom. The first-order chi connectivity index (χ1) is 8.47. The van der Waals surface area contributed by atoms with Gasteiger partial charge in [-0.15, -0.1) is 0 Å². The van der Waals surface area contributed by atoms with Gasteiger partial charge < -0.3 is 10.5 Å². The van der Waals surface area contributed by atoms with E-state index >= 15 is 0 Å². The van der Waals surface area contributed by atoms with Gasteiger partial charge in [-0.2, -0.15) is 5.10 Å². The molecule has 0 spiro atoms. The van der Waals surface area contributed by atoms with Crippen LogP contribution in [-0.4, -0.2) is 17.3 Å². The van der Waals surface area contributed by atoms with Crippen LogP contribution < -0.4 is 10.5 Å². The standard InChI is InChI=1S/C14H19N3O/c1-7-6-8(2)11(14(18-5)9(7)3)13-12(15)10(4)16-17-13/h6H,15H2,1-5H3,(H,16,17). The van der Waals surface area contributed by atoms with E-state index in [1.165, 1.54) is 5.56 Å². The number of nitrogen functional groups attached to an aromatic ring is 1. The van der Waals surface area contributed by atoms with E-state index in [0.29, 0.717) is 5.69 Å². The fourth-order valence-electron chi connectivity index (χ4n) is 2.23. The molecule has 0 radical (unpaired) electrons. The third kappa shape index (κ3) is 1.74. The maximum Gasteiger partial charge on any atom is 0.131 e. The van der Waals surface area contributed by atoms with Gasteiger partial charge in [0, 0.05) is 5.56 Å². The van der Waals surface area contributed by atoms with Crippen molar-refractivity contribution in [2.75, 3.05) is 12.8 Å². The Morgan fingerprint density at radius 1 is 1.17 bits per heavy atom. The highest BCUT2D eigenvalue weighted by Crippen LogP contribution is 2.39. The van der Waals surface area contributed by atoms with Crippen LogP contribution in [0.25, 0.3) is 11.3 Å². The van der Waals surface area contributed by atoms with Crippen molar-refractivity contribution in [2.45, 2.75) is 27.7 Å². The summed E-state index contributed by atoms with van der Waals surface area (Å²) in [5.41, 5.74) is 12.8. The Morgan fingerprint density at radius 2 is 1.83 bits per heavy atom. The number of hydrogen-bond acceptors (Lipinski definition) is 3. The van der Waals surface area contributed by atoms with Crippen LogP contribution in [0.4, 0.5) is 5.69 Å². The van der Waals surface area contributed by atoms with E-state index in [9.17, 15) is 0 Å². The molecule has 0 saturated heterocycles. The lowest BCUT2D eigenvalue weighted by Crippen LogP contribution is -1.99. The number of methoxy groups -OCH3 is 1. The molecule has 4 heteroatoms. The van der Waals surface area contributed by atoms with E-state index in [1.54, 1.807) is 7.11 Å². The summed E-state index contributed by atoms with van der Waals surface area (Å²) in [6.45, 7) is 8.09. The normalized spacial score (nSPS) is 10.7. The number of nitrogens with zero attached hydrogens (tertiary/aromatic N) is 1. The molecule has 2 rings (SSSR count). The van der Waals surface area contributed by atoms with Crippen molar-refractivity contribution in [1.29, 1.82) is 0 Å². The first-order valence-electron chi connectivity index (χ1n) is 5.93. The number of aromatic nitrogens is 2. The van der Waals surface area contributed by atoms with Crippen LogP contribution >= 0.6 is 0 Å². The maximum atomic E-state index is 6.07. The van der Waals surface area contributed by atoms with Gasteiger partial charge in [-0.05, 0) is 44.4 Å². The smallest absolute Gasteiger partial charge is 0.131 e. The molecule has 0 bridgehead atoms. The van der Waals surface area contributed by atoms with E-state index in [-0.39, 0.29) is 0 Å². The van der Waals surface area contributed by atoms with E-state index < -0.39 is 0 Å². The average molecular weight is 245 g/mol. The molecule has 0 saturated carbocycles. The van der Waals surface area contributed by atoms with Crippen LogP contribution in [0, 0.1) is 27.7 Å². The average Bonchev–Trinajstić information content (AvgIpc) is 2.65. The minimum atomic E-state index is 0.680. The lowest BCUT2D eigenvalue weighted by Gasteiger charge is -2.15. The number of ether oxygens (including phenoxy) is 1. The number of hydrogen-bond donors (Lipinski definition) is 2. The second-order valence-electron chi connectivity index (χ2n) is 4.65. The van der Waals surface area contributed by atoms with Crippen LogP contribution in [0.3, 0.4) is 0 Å². The van der Waals surface area contributed by atoms with Crippen LogP contribution in [0.15, 0.2) is 6.07 Å². The molecule has 1 aromatic carbocycles. The van der Waals surface area contributed by atoms with Gasteiger partial charge in [0.15, 0.2) is 0 Å². The molecule has 4 nitrogen and oxygen atoms in total. The van der Waals surface area contributed by atoms with E-state index in [1.807, 2.05) is 20.8 Å². The van der Waals surface area contributed by atoms with E-state index in [4.69, 9.17) is 10.5 Å². The predicted octanol–water partition coefficient (Wildman–Crippen LogP) is 2.90. The summed E-state index contributed by atoms with van der Waals surface area (Å²) in [7, 11) is 1.68. The summed E-state index contributed by atoms with van der Waals surface area (Å²) >= 11 is 0. The molecule has 3 N–H and O–H groups in total. The number of aryl methyl sites for hydroxylation is 3. The van der Waals surface area contributed by atoms with Gasteiger partial charge in [0.1, 0.15) is 11.4 Å². The SMILES string of the molecule is COc1c(C)c(C)cc(C)c1-c1n[nH]c(C)c1N. The first kappa shape index (κ1) is 12.5. The zero-order chi connectivity index (χ0) is 13.4. The van der Waals surface area contributed by atoms with Crippen molar-refractivity contribution < 1.29 is 4.74 Å². The van der Waals surface area contributed by atoms with Gasteiger partial charge in [-0.3, -0.25) is 5.10 Å². The monoisotopic (exact) mass is 245 g/mol. The molecule has 96 valence electrons. The lowest BCUT2D eigenvalue weighted by atomic mass is 9.96. The predicted molar refractivity (Wildman–Crippen MR) is 73.9 cm³/mol. The largest absolute Gasteiger partial charge is 0.496 e. The van der Waals surface area contributed by atoms with Crippen molar-refractivity contribution in [3.63, 3.8) is 0 Å². The highest BCUT2D eigenvalue weighted by atomic mass is 16.5. The van der Waals surface area contributed by atoms with E-state index in [2.05, 4.69) is 23.2 Å². The van der Waals surface area contributed by atoms with Gasteiger partial charge in [0.25, 0.3) is 0 Å². The fraction of sp³-hybridized carbons (Fsp3) is 0.357. The minimum Gasteiger partial charge on any atom is -0.496 e. The number of aromatic amines is 1. The Kier molecular flexibility index (Phi) is 3.03. The number of rotatable bonds is 2. The van der Waals surface area contributed by atoms with Crippen molar-refractivity contribution in [2.24, 2.45) is 0 Å². The van der Waals surface area contributed by atoms with Crippen molar-refractivity contribution in [3.8, 4) is 17.0 Å². The van der Waals surface area contributed by atoms with Crippen LogP contribution in [-0.2, 0) is 0 Å². The summed E-state index contributed by atoms with van der Waals surface area (Å²) in [4.78, 5) is 0. The number of H-pyrrole nitrogens is 1. The molecule has 18 heavy (non-hydrogen) atoms. The molecular formula is C14H19N3O. The number of nitrogens with two attached hydrogens (primary N) is 1. The van der Waals surface area contributed by atoms with E-state index in [0.717, 1.165) is 33.8 Å². The van der Waals surface area contributed by atoms with Crippen molar-refractivity contribution in [3.05, 3.63) is 28.5 Å². The second-order valence-corrected chi connectivity index (χ2v) is 4.65. The van der Waals surface area contributed by atoms with Crippen molar-refractivity contribution >= 4 is 5.69 Å². The molecule has 1 aromatic heterocycles. The molecule has 1 heterocycles. The van der Waals surface area contributed by atoms with Gasteiger partial charge >= 0.3 is 0 Å². The zero-order valence-electron chi connectivity index (χ0n) is 11.5. The van der Waals surface area contributed by atoms with Gasteiger partial charge in [-0.25, -0.2) is 0 Å². The highest BCUT2D eigenvalue weighted by molar-refractivity contribution is 5.82. The summed E-state index contributed by atoms with van der Waals surface area (Å²) < 4.78 is 5.55. The number of anilines is 1. The molecule has 0 aliphatic rings. The Hall–Kier alpha value is -1.97. The molecule has 2 aromatic rings. The van der Waals surface area contributed by atoms with Crippen LogP contribution in [0.5, 0.6) is 5.75 Å². The fourth-order valence-corrected chi connectivity index (χ4v) is 2.23. The lowest BCUT2D eigenvalue weighted by molar-refractivity contribution is 0.412.